The first-order valence-corrected chi connectivity index (χ1v) is 13.2. The van der Waals surface area contributed by atoms with E-state index in [9.17, 15) is 13.2 Å². The molecule has 3 aromatic rings. The van der Waals surface area contributed by atoms with Crippen LogP contribution in [0.3, 0.4) is 0 Å². The highest BCUT2D eigenvalue weighted by Crippen LogP contribution is 2.32. The predicted octanol–water partition coefficient (Wildman–Crippen LogP) is 5.21. The Kier molecular flexibility index (Phi) is 8.63. The zero-order valence-electron chi connectivity index (χ0n) is 21.6. The SMILES string of the molecule is COc1ccc(N(CC(=O)NC(C)c2cc(C(C)C)c(OC)cc2C)S(=O)(=O)c2ccccc2)cc1. The monoisotopic (exact) mass is 510 g/mol. The number of carbonyl (C=O) groups is 1. The topological polar surface area (TPSA) is 84.9 Å². The minimum atomic E-state index is -3.99. The van der Waals surface area contributed by atoms with Crippen LogP contribution >= 0.6 is 0 Å². The van der Waals surface area contributed by atoms with Crippen LogP contribution in [0.1, 0.15) is 49.4 Å². The van der Waals surface area contributed by atoms with Crippen molar-refractivity contribution in [3.05, 3.63) is 83.4 Å². The van der Waals surface area contributed by atoms with Gasteiger partial charge in [0.1, 0.15) is 18.0 Å². The summed E-state index contributed by atoms with van der Waals surface area (Å²) in [5.41, 5.74) is 3.35. The number of hydrogen-bond acceptors (Lipinski definition) is 5. The van der Waals surface area contributed by atoms with Crippen molar-refractivity contribution in [2.75, 3.05) is 25.1 Å². The van der Waals surface area contributed by atoms with Crippen molar-refractivity contribution in [2.45, 2.75) is 44.6 Å². The number of amides is 1. The number of nitrogens with zero attached hydrogens (tertiary/aromatic N) is 1. The zero-order valence-corrected chi connectivity index (χ0v) is 22.4. The zero-order chi connectivity index (χ0) is 26.5. The molecule has 3 aromatic carbocycles. The molecule has 0 fully saturated rings. The molecule has 1 unspecified atom stereocenters. The number of rotatable bonds is 10. The fourth-order valence-electron chi connectivity index (χ4n) is 4.09. The molecule has 0 saturated heterocycles. The lowest BCUT2D eigenvalue weighted by molar-refractivity contribution is -0.120. The van der Waals surface area contributed by atoms with Gasteiger partial charge in [0.05, 0.1) is 30.8 Å². The first-order chi connectivity index (χ1) is 17.1. The number of hydrogen-bond donors (Lipinski definition) is 1. The van der Waals surface area contributed by atoms with Crippen LogP contribution in [0.25, 0.3) is 0 Å². The Bertz CT molecular complexity index is 1290. The molecule has 1 amide bonds. The number of ether oxygens (including phenoxy) is 2. The average Bonchev–Trinajstić information content (AvgIpc) is 2.87. The van der Waals surface area contributed by atoms with E-state index in [1.54, 1.807) is 49.6 Å². The maximum Gasteiger partial charge on any atom is 0.264 e. The van der Waals surface area contributed by atoms with Gasteiger partial charge in [-0.25, -0.2) is 8.42 Å². The summed E-state index contributed by atoms with van der Waals surface area (Å²) >= 11 is 0. The number of aryl methyl sites for hydroxylation is 1. The van der Waals surface area contributed by atoms with Gasteiger partial charge >= 0.3 is 0 Å². The normalized spacial score (nSPS) is 12.2. The lowest BCUT2D eigenvalue weighted by Crippen LogP contribution is -2.41. The van der Waals surface area contributed by atoms with Crippen LogP contribution in [0.15, 0.2) is 71.6 Å². The Morgan fingerprint density at radius 2 is 1.56 bits per heavy atom. The third kappa shape index (κ3) is 5.99. The minimum Gasteiger partial charge on any atom is -0.497 e. The third-order valence-electron chi connectivity index (χ3n) is 6.06. The molecular formula is C28H34N2O5S. The van der Waals surface area contributed by atoms with Crippen LogP contribution in [0.4, 0.5) is 5.69 Å². The van der Waals surface area contributed by atoms with Crippen molar-refractivity contribution in [2.24, 2.45) is 0 Å². The lowest BCUT2D eigenvalue weighted by atomic mass is 9.93. The van der Waals surface area contributed by atoms with Gasteiger partial charge in [-0.15, -0.1) is 0 Å². The van der Waals surface area contributed by atoms with E-state index >= 15 is 0 Å². The van der Waals surface area contributed by atoms with E-state index in [1.807, 2.05) is 26.0 Å². The van der Waals surface area contributed by atoms with Gasteiger partial charge in [0.2, 0.25) is 5.91 Å². The molecule has 0 bridgehead atoms. The number of benzene rings is 3. The fraction of sp³-hybridized carbons (Fsp3) is 0.321. The summed E-state index contributed by atoms with van der Waals surface area (Å²) in [6.07, 6.45) is 0. The van der Waals surface area contributed by atoms with Crippen molar-refractivity contribution < 1.29 is 22.7 Å². The second kappa shape index (κ2) is 11.5. The van der Waals surface area contributed by atoms with Gasteiger partial charge < -0.3 is 14.8 Å². The van der Waals surface area contributed by atoms with Crippen molar-refractivity contribution in [1.82, 2.24) is 5.32 Å². The standard InChI is InChI=1S/C28H34N2O5S/c1-19(2)25-17-26(20(3)16-27(25)35-6)21(4)29-28(31)18-30(22-12-14-23(34-5)15-13-22)36(32,33)24-10-8-7-9-11-24/h7-17,19,21H,18H2,1-6H3,(H,29,31). The first-order valence-electron chi connectivity index (χ1n) is 11.8. The minimum absolute atomic E-state index is 0.106. The van der Waals surface area contributed by atoms with Crippen molar-refractivity contribution in [3.8, 4) is 11.5 Å². The number of methoxy groups -OCH3 is 2. The molecule has 192 valence electrons. The van der Waals surface area contributed by atoms with Crippen LogP contribution in [0.5, 0.6) is 11.5 Å². The molecule has 0 aliphatic rings. The quantitative estimate of drug-likeness (QED) is 0.405. The van der Waals surface area contributed by atoms with Gasteiger partial charge in [0, 0.05) is 0 Å². The number of anilines is 1. The van der Waals surface area contributed by atoms with Gasteiger partial charge in [-0.05, 0) is 85.0 Å². The van der Waals surface area contributed by atoms with Crippen LogP contribution in [0, 0.1) is 6.92 Å². The highest BCUT2D eigenvalue weighted by Gasteiger charge is 2.28. The lowest BCUT2D eigenvalue weighted by Gasteiger charge is -2.26. The van der Waals surface area contributed by atoms with Gasteiger partial charge in [0.15, 0.2) is 0 Å². The Morgan fingerprint density at radius 1 is 0.917 bits per heavy atom. The smallest absolute Gasteiger partial charge is 0.264 e. The second-order valence-corrected chi connectivity index (χ2v) is 10.8. The van der Waals surface area contributed by atoms with Crippen LogP contribution < -0.4 is 19.1 Å². The summed E-state index contributed by atoms with van der Waals surface area (Å²) < 4.78 is 38.9. The van der Waals surface area contributed by atoms with E-state index in [-0.39, 0.29) is 23.4 Å². The van der Waals surface area contributed by atoms with Crippen molar-refractivity contribution >= 4 is 21.6 Å². The van der Waals surface area contributed by atoms with Crippen LogP contribution in [0.2, 0.25) is 0 Å². The van der Waals surface area contributed by atoms with Crippen LogP contribution in [-0.2, 0) is 14.8 Å². The number of carbonyl (C=O) groups excluding carboxylic acids is 1. The largest absolute Gasteiger partial charge is 0.497 e. The van der Waals surface area contributed by atoms with Crippen LogP contribution in [-0.4, -0.2) is 35.1 Å². The second-order valence-electron chi connectivity index (χ2n) is 8.92. The molecule has 0 spiro atoms. The molecule has 8 heteroatoms. The Labute approximate surface area is 214 Å². The maximum atomic E-state index is 13.5. The van der Waals surface area contributed by atoms with Gasteiger partial charge in [-0.2, -0.15) is 0 Å². The predicted molar refractivity (Wildman–Crippen MR) is 142 cm³/mol. The molecule has 0 aromatic heterocycles. The molecule has 1 N–H and O–H groups in total. The molecule has 0 aliphatic carbocycles. The third-order valence-corrected chi connectivity index (χ3v) is 7.85. The summed E-state index contributed by atoms with van der Waals surface area (Å²) in [4.78, 5) is 13.3. The van der Waals surface area contributed by atoms with Gasteiger partial charge in [-0.1, -0.05) is 32.0 Å². The van der Waals surface area contributed by atoms with E-state index in [1.165, 1.54) is 19.2 Å². The average molecular weight is 511 g/mol. The van der Waals surface area contributed by atoms with Gasteiger partial charge in [-0.3, -0.25) is 9.10 Å². The Morgan fingerprint density at radius 3 is 2.11 bits per heavy atom. The summed E-state index contributed by atoms with van der Waals surface area (Å²) in [7, 11) is -0.808. The first kappa shape index (κ1) is 27.1. The molecular weight excluding hydrogens is 476 g/mol. The van der Waals surface area contributed by atoms with Gasteiger partial charge in [0.25, 0.3) is 10.0 Å². The van der Waals surface area contributed by atoms with Crippen molar-refractivity contribution in [3.63, 3.8) is 0 Å². The van der Waals surface area contributed by atoms with E-state index < -0.39 is 15.9 Å². The Balaban J connectivity index is 1.90. The number of nitrogens with one attached hydrogen (secondary N) is 1. The molecule has 1 atom stereocenters. The van der Waals surface area contributed by atoms with E-state index in [0.29, 0.717) is 11.4 Å². The molecule has 3 rings (SSSR count). The molecule has 0 radical (unpaired) electrons. The molecule has 0 heterocycles. The van der Waals surface area contributed by atoms with Crippen molar-refractivity contribution in [1.29, 1.82) is 0 Å². The molecule has 0 saturated carbocycles. The summed E-state index contributed by atoms with van der Waals surface area (Å²) in [5, 5.41) is 2.98. The van der Waals surface area contributed by atoms with E-state index in [2.05, 4.69) is 19.2 Å². The molecule has 0 aliphatic heterocycles. The molecule has 36 heavy (non-hydrogen) atoms. The Hall–Kier alpha value is -3.52. The highest BCUT2D eigenvalue weighted by atomic mass is 32.2. The summed E-state index contributed by atoms with van der Waals surface area (Å²) in [6.45, 7) is 7.65. The summed E-state index contributed by atoms with van der Waals surface area (Å²) in [6, 6.07) is 18.3. The highest BCUT2D eigenvalue weighted by molar-refractivity contribution is 7.92. The van der Waals surface area contributed by atoms with E-state index in [4.69, 9.17) is 9.47 Å². The van der Waals surface area contributed by atoms with E-state index in [0.717, 1.165) is 26.7 Å². The maximum absolute atomic E-state index is 13.5. The number of sulfonamides is 1. The molecule has 7 nitrogen and oxygen atoms in total. The fourth-order valence-corrected chi connectivity index (χ4v) is 5.53. The summed E-state index contributed by atoms with van der Waals surface area (Å²) in [5.74, 6) is 1.22.